The smallest absolute Gasteiger partial charge is 0.342 e. The number of esters is 2. The summed E-state index contributed by atoms with van der Waals surface area (Å²) in [4.78, 5) is 25.6. The number of rotatable bonds is 5. The SMILES string of the molecule is CC(=O)OC1=C(C(=O)OC(c2ccccc2)c2ccccc2)COc2ccc3ccccc3c21. The van der Waals surface area contributed by atoms with E-state index in [4.69, 9.17) is 14.2 Å². The molecule has 0 saturated carbocycles. The molecule has 168 valence electrons. The van der Waals surface area contributed by atoms with E-state index in [0.717, 1.165) is 21.9 Å². The normalized spacial score (nSPS) is 12.8. The molecular weight excluding hydrogens is 428 g/mol. The largest absolute Gasteiger partial charge is 0.488 e. The van der Waals surface area contributed by atoms with Gasteiger partial charge in [-0.25, -0.2) is 4.79 Å². The van der Waals surface area contributed by atoms with Crippen molar-refractivity contribution in [1.82, 2.24) is 0 Å². The first-order valence-electron chi connectivity index (χ1n) is 11.0. The number of fused-ring (bicyclic) bond motifs is 3. The Hall–Kier alpha value is -4.38. The standard InChI is InChI=1S/C29H22O5/c1-19(30)33-28-24(18-32-25-17-16-20-10-8-9-15-23(20)26(25)28)29(31)34-27(21-11-4-2-5-12-21)22-13-6-3-7-14-22/h2-17,27H,18H2,1H3. The maximum Gasteiger partial charge on any atom is 0.342 e. The minimum Gasteiger partial charge on any atom is -0.488 e. The molecule has 0 fully saturated rings. The van der Waals surface area contributed by atoms with Crippen molar-refractivity contribution in [3.05, 3.63) is 119 Å². The van der Waals surface area contributed by atoms with Crippen LogP contribution in [0.5, 0.6) is 5.75 Å². The molecule has 4 aromatic rings. The molecule has 5 nitrogen and oxygen atoms in total. The molecule has 0 bridgehead atoms. The number of hydrogen-bond acceptors (Lipinski definition) is 5. The van der Waals surface area contributed by atoms with Crippen molar-refractivity contribution in [2.24, 2.45) is 0 Å². The lowest BCUT2D eigenvalue weighted by molar-refractivity contribution is -0.143. The Morgan fingerprint density at radius 1 is 0.794 bits per heavy atom. The summed E-state index contributed by atoms with van der Waals surface area (Å²) in [7, 11) is 0. The molecule has 1 aliphatic heterocycles. The summed E-state index contributed by atoms with van der Waals surface area (Å²) in [5.41, 5.74) is 2.40. The molecule has 0 saturated heterocycles. The third-order valence-corrected chi connectivity index (χ3v) is 5.69. The van der Waals surface area contributed by atoms with Gasteiger partial charge >= 0.3 is 11.9 Å². The van der Waals surface area contributed by atoms with E-state index in [1.165, 1.54) is 6.92 Å². The van der Waals surface area contributed by atoms with Crippen LogP contribution in [0.25, 0.3) is 16.5 Å². The van der Waals surface area contributed by atoms with Crippen molar-refractivity contribution >= 4 is 28.5 Å². The van der Waals surface area contributed by atoms with Crippen molar-refractivity contribution in [2.45, 2.75) is 13.0 Å². The second-order valence-electron chi connectivity index (χ2n) is 7.96. The van der Waals surface area contributed by atoms with Crippen LogP contribution in [0, 0.1) is 0 Å². The summed E-state index contributed by atoms with van der Waals surface area (Å²) in [6.45, 7) is 1.25. The summed E-state index contributed by atoms with van der Waals surface area (Å²) in [6.07, 6.45) is -0.630. The first-order valence-corrected chi connectivity index (χ1v) is 11.0. The van der Waals surface area contributed by atoms with E-state index in [-0.39, 0.29) is 17.9 Å². The lowest BCUT2D eigenvalue weighted by Crippen LogP contribution is -2.24. The fraction of sp³-hybridized carbons (Fsp3) is 0.103. The highest BCUT2D eigenvalue weighted by atomic mass is 16.6. The van der Waals surface area contributed by atoms with Gasteiger partial charge in [0.2, 0.25) is 0 Å². The molecule has 5 heteroatoms. The highest BCUT2D eigenvalue weighted by Gasteiger charge is 2.32. The fourth-order valence-electron chi connectivity index (χ4n) is 4.14. The van der Waals surface area contributed by atoms with Gasteiger partial charge in [0.05, 0.1) is 5.56 Å². The summed E-state index contributed by atoms with van der Waals surface area (Å²) in [5.74, 6) is -0.402. The van der Waals surface area contributed by atoms with Gasteiger partial charge in [-0.2, -0.15) is 0 Å². The minimum absolute atomic E-state index is 0.0664. The van der Waals surface area contributed by atoms with E-state index in [1.54, 1.807) is 0 Å². The predicted octanol–water partition coefficient (Wildman–Crippen LogP) is 5.84. The lowest BCUT2D eigenvalue weighted by Gasteiger charge is -2.25. The minimum atomic E-state index is -0.630. The van der Waals surface area contributed by atoms with Crippen molar-refractivity contribution in [1.29, 1.82) is 0 Å². The van der Waals surface area contributed by atoms with Gasteiger partial charge in [0.1, 0.15) is 17.9 Å². The molecular formula is C29H22O5. The van der Waals surface area contributed by atoms with E-state index < -0.39 is 18.0 Å². The average molecular weight is 450 g/mol. The molecule has 0 unspecified atom stereocenters. The third-order valence-electron chi connectivity index (χ3n) is 5.69. The van der Waals surface area contributed by atoms with Gasteiger partial charge in [0.25, 0.3) is 0 Å². The van der Waals surface area contributed by atoms with Crippen molar-refractivity contribution < 1.29 is 23.8 Å². The van der Waals surface area contributed by atoms with E-state index in [1.807, 2.05) is 97.1 Å². The second-order valence-corrected chi connectivity index (χ2v) is 7.96. The van der Waals surface area contributed by atoms with Gasteiger partial charge in [-0.3, -0.25) is 4.79 Å². The third kappa shape index (κ3) is 4.16. The first-order chi connectivity index (χ1) is 16.6. The molecule has 4 aromatic carbocycles. The van der Waals surface area contributed by atoms with Crippen LogP contribution in [0.4, 0.5) is 0 Å². The molecule has 1 heterocycles. The first kappa shape index (κ1) is 21.5. The topological polar surface area (TPSA) is 61.8 Å². The number of hydrogen-bond donors (Lipinski definition) is 0. The Morgan fingerprint density at radius 2 is 1.41 bits per heavy atom. The average Bonchev–Trinajstić information content (AvgIpc) is 2.87. The lowest BCUT2D eigenvalue weighted by atomic mass is 9.97. The van der Waals surface area contributed by atoms with Crippen LogP contribution in [-0.4, -0.2) is 18.5 Å². The van der Waals surface area contributed by atoms with Crippen LogP contribution in [0.1, 0.15) is 29.7 Å². The number of carbonyl (C=O) groups is 2. The Kier molecular flexibility index (Phi) is 5.83. The van der Waals surface area contributed by atoms with Crippen molar-refractivity contribution in [3.8, 4) is 5.75 Å². The quantitative estimate of drug-likeness (QED) is 0.358. The number of carbonyl (C=O) groups excluding carboxylic acids is 2. The zero-order valence-electron chi connectivity index (χ0n) is 18.6. The van der Waals surface area contributed by atoms with E-state index in [0.29, 0.717) is 11.3 Å². The van der Waals surface area contributed by atoms with Crippen molar-refractivity contribution in [3.63, 3.8) is 0 Å². The Balaban J connectivity index is 1.61. The van der Waals surface area contributed by atoms with Crippen LogP contribution in [0.3, 0.4) is 0 Å². The van der Waals surface area contributed by atoms with E-state index >= 15 is 0 Å². The number of ether oxygens (including phenoxy) is 3. The summed E-state index contributed by atoms with van der Waals surface area (Å²) < 4.78 is 17.6. The predicted molar refractivity (Wildman–Crippen MR) is 129 cm³/mol. The van der Waals surface area contributed by atoms with Gasteiger partial charge in [0, 0.05) is 6.92 Å². The molecule has 0 aromatic heterocycles. The second kappa shape index (κ2) is 9.24. The van der Waals surface area contributed by atoms with Gasteiger partial charge < -0.3 is 14.2 Å². The van der Waals surface area contributed by atoms with Gasteiger partial charge in [-0.05, 0) is 28.0 Å². The Bertz CT molecular complexity index is 1350. The zero-order chi connectivity index (χ0) is 23.5. The molecule has 0 N–H and O–H groups in total. The Labute approximate surface area is 197 Å². The molecule has 0 spiro atoms. The van der Waals surface area contributed by atoms with Gasteiger partial charge in [0.15, 0.2) is 11.9 Å². The monoisotopic (exact) mass is 450 g/mol. The molecule has 0 radical (unpaired) electrons. The van der Waals surface area contributed by atoms with E-state index in [9.17, 15) is 9.59 Å². The molecule has 5 rings (SSSR count). The van der Waals surface area contributed by atoms with Crippen LogP contribution in [0.15, 0.2) is 103 Å². The van der Waals surface area contributed by atoms with Crippen molar-refractivity contribution in [2.75, 3.05) is 6.61 Å². The van der Waals surface area contributed by atoms with Crippen LogP contribution >= 0.6 is 0 Å². The fourth-order valence-corrected chi connectivity index (χ4v) is 4.14. The maximum atomic E-state index is 13.5. The summed E-state index contributed by atoms with van der Waals surface area (Å²) in [5, 5.41) is 1.76. The van der Waals surface area contributed by atoms with E-state index in [2.05, 4.69) is 0 Å². The van der Waals surface area contributed by atoms with Gasteiger partial charge in [-0.15, -0.1) is 0 Å². The van der Waals surface area contributed by atoms with Crippen LogP contribution in [-0.2, 0) is 19.1 Å². The molecule has 0 aliphatic carbocycles. The molecule has 1 aliphatic rings. The Morgan fingerprint density at radius 3 is 2.06 bits per heavy atom. The highest BCUT2D eigenvalue weighted by Crippen LogP contribution is 2.40. The van der Waals surface area contributed by atoms with Crippen LogP contribution < -0.4 is 4.74 Å². The zero-order valence-corrected chi connectivity index (χ0v) is 18.6. The summed E-state index contributed by atoms with van der Waals surface area (Å²) >= 11 is 0. The number of benzene rings is 4. The van der Waals surface area contributed by atoms with Crippen LogP contribution in [0.2, 0.25) is 0 Å². The molecule has 0 amide bonds. The molecule has 34 heavy (non-hydrogen) atoms. The maximum absolute atomic E-state index is 13.5. The van der Waals surface area contributed by atoms with Gasteiger partial charge in [-0.1, -0.05) is 91.0 Å². The summed E-state index contributed by atoms with van der Waals surface area (Å²) in [6, 6.07) is 30.5. The molecule has 0 atom stereocenters. The highest BCUT2D eigenvalue weighted by molar-refractivity contribution is 6.05.